The molecule has 0 aliphatic carbocycles. The maximum Gasteiger partial charge on any atom is 0.320 e. The van der Waals surface area contributed by atoms with Crippen molar-refractivity contribution in [2.24, 2.45) is 5.73 Å². The zero-order valence-corrected chi connectivity index (χ0v) is 9.16. The smallest absolute Gasteiger partial charge is 0.320 e. The van der Waals surface area contributed by atoms with Crippen LogP contribution in [0.15, 0.2) is 0 Å². The molecule has 0 heterocycles. The van der Waals surface area contributed by atoms with E-state index in [1.54, 1.807) is 0 Å². The van der Waals surface area contributed by atoms with E-state index in [-0.39, 0.29) is 18.7 Å². The van der Waals surface area contributed by atoms with Crippen LogP contribution in [0, 0.1) is 0 Å². The quantitative estimate of drug-likeness (QED) is 0.515. The van der Waals surface area contributed by atoms with Gasteiger partial charge in [-0.25, -0.2) is 0 Å². The number of hydrogen-bond donors (Lipinski definition) is 3. The first kappa shape index (κ1) is 13.9. The highest BCUT2D eigenvalue weighted by Crippen LogP contribution is 1.96. The summed E-state index contributed by atoms with van der Waals surface area (Å²) in [5, 5.41) is 11.2. The largest absolute Gasteiger partial charge is 0.480 e. The SMILES string of the molecule is CCCCCNC(=O)CC[C@H](N)C(=O)O. The molecule has 0 rings (SSSR count). The fraction of sp³-hybridized carbons (Fsp3) is 0.800. The van der Waals surface area contributed by atoms with Gasteiger partial charge in [0.25, 0.3) is 0 Å². The van der Waals surface area contributed by atoms with E-state index in [2.05, 4.69) is 12.2 Å². The fourth-order valence-corrected chi connectivity index (χ4v) is 1.10. The summed E-state index contributed by atoms with van der Waals surface area (Å²) in [6.07, 6.45) is 3.54. The Morgan fingerprint density at radius 1 is 1.40 bits per heavy atom. The highest BCUT2D eigenvalue weighted by molar-refractivity contribution is 5.78. The number of unbranched alkanes of at least 4 members (excludes halogenated alkanes) is 2. The first-order chi connectivity index (χ1) is 7.07. The number of carbonyl (C=O) groups excluding carboxylic acids is 1. The molecule has 5 heteroatoms. The first-order valence-electron chi connectivity index (χ1n) is 5.33. The van der Waals surface area contributed by atoms with Crippen LogP contribution in [-0.2, 0) is 9.59 Å². The van der Waals surface area contributed by atoms with Gasteiger partial charge in [-0.3, -0.25) is 9.59 Å². The van der Waals surface area contributed by atoms with Gasteiger partial charge in [-0.15, -0.1) is 0 Å². The lowest BCUT2D eigenvalue weighted by molar-refractivity contribution is -0.138. The van der Waals surface area contributed by atoms with Crippen LogP contribution in [0.4, 0.5) is 0 Å². The molecule has 0 unspecified atom stereocenters. The van der Waals surface area contributed by atoms with Crippen molar-refractivity contribution >= 4 is 11.9 Å². The Morgan fingerprint density at radius 3 is 2.60 bits per heavy atom. The number of carboxylic acids is 1. The summed E-state index contributed by atoms with van der Waals surface area (Å²) in [5.74, 6) is -1.18. The summed E-state index contributed by atoms with van der Waals surface area (Å²) >= 11 is 0. The Hall–Kier alpha value is -1.10. The molecule has 0 saturated carbocycles. The van der Waals surface area contributed by atoms with Crippen LogP contribution < -0.4 is 11.1 Å². The Morgan fingerprint density at radius 2 is 2.07 bits per heavy atom. The van der Waals surface area contributed by atoms with Crippen molar-refractivity contribution in [1.82, 2.24) is 5.32 Å². The van der Waals surface area contributed by atoms with Crippen LogP contribution >= 0.6 is 0 Å². The molecule has 15 heavy (non-hydrogen) atoms. The van der Waals surface area contributed by atoms with Gasteiger partial charge in [-0.2, -0.15) is 0 Å². The maximum absolute atomic E-state index is 11.2. The number of carboxylic acid groups (broad SMARTS) is 1. The Bertz CT molecular complexity index is 207. The molecule has 0 spiro atoms. The molecule has 0 aromatic heterocycles. The number of nitrogens with one attached hydrogen (secondary N) is 1. The summed E-state index contributed by atoms with van der Waals surface area (Å²) in [5.41, 5.74) is 5.26. The highest BCUT2D eigenvalue weighted by Gasteiger charge is 2.12. The summed E-state index contributed by atoms with van der Waals surface area (Å²) in [6, 6.07) is -0.939. The minimum absolute atomic E-state index is 0.122. The average Bonchev–Trinajstić information content (AvgIpc) is 2.20. The lowest BCUT2D eigenvalue weighted by Crippen LogP contribution is -2.32. The molecular formula is C10H20N2O3. The molecule has 0 aliphatic rings. The summed E-state index contributed by atoms with van der Waals surface area (Å²) in [7, 11) is 0. The Labute approximate surface area is 90.0 Å². The van der Waals surface area contributed by atoms with Gasteiger partial charge in [-0.1, -0.05) is 19.8 Å². The molecule has 4 N–H and O–H groups in total. The van der Waals surface area contributed by atoms with Crippen LogP contribution in [0.1, 0.15) is 39.0 Å². The maximum atomic E-state index is 11.2. The summed E-state index contributed by atoms with van der Waals surface area (Å²) in [6.45, 7) is 2.75. The van der Waals surface area contributed by atoms with E-state index in [9.17, 15) is 9.59 Å². The molecule has 0 fully saturated rings. The van der Waals surface area contributed by atoms with Gasteiger partial charge < -0.3 is 16.2 Å². The number of hydrogen-bond acceptors (Lipinski definition) is 3. The van der Waals surface area contributed by atoms with Gasteiger partial charge in [-0.05, 0) is 12.8 Å². The monoisotopic (exact) mass is 216 g/mol. The van der Waals surface area contributed by atoms with Crippen molar-refractivity contribution < 1.29 is 14.7 Å². The van der Waals surface area contributed by atoms with Crippen molar-refractivity contribution in [2.45, 2.75) is 45.1 Å². The molecule has 0 aromatic rings. The lowest BCUT2D eigenvalue weighted by Gasteiger charge is -2.06. The van der Waals surface area contributed by atoms with Gasteiger partial charge in [0.2, 0.25) is 5.91 Å². The van der Waals surface area contributed by atoms with Crippen molar-refractivity contribution in [3.8, 4) is 0 Å². The second-order valence-electron chi connectivity index (χ2n) is 3.54. The first-order valence-corrected chi connectivity index (χ1v) is 5.33. The number of carbonyl (C=O) groups is 2. The van der Waals surface area contributed by atoms with E-state index in [1.807, 2.05) is 0 Å². The average molecular weight is 216 g/mol. The van der Waals surface area contributed by atoms with Crippen molar-refractivity contribution in [3.05, 3.63) is 0 Å². The highest BCUT2D eigenvalue weighted by atomic mass is 16.4. The van der Waals surface area contributed by atoms with Gasteiger partial charge in [0.15, 0.2) is 0 Å². The van der Waals surface area contributed by atoms with E-state index in [0.29, 0.717) is 6.54 Å². The van der Waals surface area contributed by atoms with Gasteiger partial charge in [0.05, 0.1) is 0 Å². The van der Waals surface area contributed by atoms with Crippen LogP contribution in [0.5, 0.6) is 0 Å². The van der Waals surface area contributed by atoms with Crippen molar-refractivity contribution in [1.29, 1.82) is 0 Å². The van der Waals surface area contributed by atoms with E-state index in [4.69, 9.17) is 10.8 Å². The third-order valence-electron chi connectivity index (χ3n) is 2.10. The lowest BCUT2D eigenvalue weighted by atomic mass is 10.1. The minimum atomic E-state index is -1.06. The second-order valence-corrected chi connectivity index (χ2v) is 3.54. The number of nitrogens with two attached hydrogens (primary N) is 1. The van der Waals surface area contributed by atoms with Crippen LogP contribution in [0.3, 0.4) is 0 Å². The summed E-state index contributed by atoms with van der Waals surface area (Å²) < 4.78 is 0. The molecule has 0 radical (unpaired) electrons. The molecule has 1 atom stereocenters. The normalized spacial score (nSPS) is 12.1. The van der Waals surface area contributed by atoms with Crippen LogP contribution in [0.25, 0.3) is 0 Å². The number of aliphatic carboxylic acids is 1. The topological polar surface area (TPSA) is 92.4 Å². The third kappa shape index (κ3) is 7.93. The summed E-state index contributed by atoms with van der Waals surface area (Å²) in [4.78, 5) is 21.5. The molecule has 0 saturated heterocycles. The van der Waals surface area contributed by atoms with Crippen LogP contribution in [0.2, 0.25) is 0 Å². The fourth-order valence-electron chi connectivity index (χ4n) is 1.10. The molecule has 0 bridgehead atoms. The molecule has 0 aliphatic heterocycles. The van der Waals surface area contributed by atoms with E-state index in [0.717, 1.165) is 19.3 Å². The predicted molar refractivity (Wildman–Crippen MR) is 57.4 cm³/mol. The molecule has 88 valence electrons. The zero-order chi connectivity index (χ0) is 11.7. The standard InChI is InChI=1S/C10H20N2O3/c1-2-3-4-7-12-9(13)6-5-8(11)10(14)15/h8H,2-7,11H2,1H3,(H,12,13)(H,14,15)/t8-/m0/s1. The van der Waals surface area contributed by atoms with E-state index >= 15 is 0 Å². The van der Waals surface area contributed by atoms with Crippen molar-refractivity contribution in [2.75, 3.05) is 6.54 Å². The van der Waals surface area contributed by atoms with Gasteiger partial charge >= 0.3 is 5.97 Å². The van der Waals surface area contributed by atoms with Gasteiger partial charge in [0.1, 0.15) is 6.04 Å². The molecule has 0 aromatic carbocycles. The van der Waals surface area contributed by atoms with E-state index < -0.39 is 12.0 Å². The van der Waals surface area contributed by atoms with Gasteiger partial charge in [0, 0.05) is 13.0 Å². The van der Waals surface area contributed by atoms with Crippen LogP contribution in [-0.4, -0.2) is 29.6 Å². The third-order valence-corrected chi connectivity index (χ3v) is 2.10. The second kappa shape index (κ2) is 8.23. The Balaban J connectivity index is 3.45. The molecule has 5 nitrogen and oxygen atoms in total. The Kier molecular flexibility index (Phi) is 7.62. The predicted octanol–water partition coefficient (Wildman–Crippen LogP) is 0.485. The van der Waals surface area contributed by atoms with E-state index in [1.165, 1.54) is 0 Å². The molecule has 1 amide bonds. The zero-order valence-electron chi connectivity index (χ0n) is 9.16. The number of amides is 1. The minimum Gasteiger partial charge on any atom is -0.480 e. The van der Waals surface area contributed by atoms with Crippen molar-refractivity contribution in [3.63, 3.8) is 0 Å². The number of rotatable bonds is 8. The molecular weight excluding hydrogens is 196 g/mol.